The van der Waals surface area contributed by atoms with Gasteiger partial charge in [-0.15, -0.1) is 0 Å². The van der Waals surface area contributed by atoms with Crippen molar-refractivity contribution in [3.05, 3.63) is 30.3 Å². The Hall–Kier alpha value is -2.04. The van der Waals surface area contributed by atoms with Crippen LogP contribution in [0.1, 0.15) is 32.1 Å². The highest BCUT2D eigenvalue weighted by atomic mass is 16.5. The first-order valence-electron chi connectivity index (χ1n) is 6.85. The fraction of sp³-hybridized carbons (Fsp3) is 0.467. The number of amides is 1. The molecular weight excluding hydrogens is 258 g/mol. The number of rotatable bonds is 10. The lowest BCUT2D eigenvalue weighted by Gasteiger charge is -2.06. The fourth-order valence-electron chi connectivity index (χ4n) is 1.66. The standard InChI is InChI=1S/C15H21NO4/c17-14(16-11-5-4-10-15(18)19)9-6-12-20-13-7-2-1-3-8-13/h1-3,7-8H,4-6,9-12H2,(H,16,17)(H,18,19). The zero-order valence-electron chi connectivity index (χ0n) is 11.5. The molecule has 0 aromatic heterocycles. The second-order valence-electron chi connectivity index (χ2n) is 4.47. The second kappa shape index (κ2) is 9.83. The molecular formula is C15H21NO4. The summed E-state index contributed by atoms with van der Waals surface area (Å²) < 4.78 is 5.48. The normalized spacial score (nSPS) is 10.0. The first-order chi connectivity index (χ1) is 9.68. The molecule has 0 radical (unpaired) electrons. The first-order valence-corrected chi connectivity index (χ1v) is 6.85. The van der Waals surface area contributed by atoms with Crippen molar-refractivity contribution in [2.45, 2.75) is 32.1 Å². The predicted octanol–water partition coefficient (Wildman–Crippen LogP) is 2.22. The molecule has 1 aromatic rings. The number of hydrogen-bond donors (Lipinski definition) is 2. The smallest absolute Gasteiger partial charge is 0.303 e. The van der Waals surface area contributed by atoms with E-state index in [1.165, 1.54) is 0 Å². The Labute approximate surface area is 118 Å². The molecule has 0 saturated carbocycles. The van der Waals surface area contributed by atoms with Crippen molar-refractivity contribution in [3.63, 3.8) is 0 Å². The van der Waals surface area contributed by atoms with Crippen LogP contribution in [0.25, 0.3) is 0 Å². The van der Waals surface area contributed by atoms with Crippen LogP contribution in [0.5, 0.6) is 5.75 Å². The highest BCUT2D eigenvalue weighted by Crippen LogP contribution is 2.08. The molecule has 0 spiro atoms. The summed E-state index contributed by atoms with van der Waals surface area (Å²) in [5.74, 6) is -0.00653. The van der Waals surface area contributed by atoms with Crippen molar-refractivity contribution in [1.29, 1.82) is 0 Å². The van der Waals surface area contributed by atoms with Crippen LogP contribution in [0.15, 0.2) is 30.3 Å². The largest absolute Gasteiger partial charge is 0.494 e. The van der Waals surface area contributed by atoms with Crippen molar-refractivity contribution in [3.8, 4) is 5.75 Å². The zero-order valence-corrected chi connectivity index (χ0v) is 11.5. The van der Waals surface area contributed by atoms with E-state index in [2.05, 4.69) is 5.32 Å². The van der Waals surface area contributed by atoms with Crippen LogP contribution < -0.4 is 10.1 Å². The molecule has 0 bridgehead atoms. The number of carboxylic acids is 1. The van der Waals surface area contributed by atoms with Gasteiger partial charge in [0.1, 0.15) is 5.75 Å². The number of nitrogens with one attached hydrogen (secondary N) is 1. The summed E-state index contributed by atoms with van der Waals surface area (Å²) in [6.07, 6.45) is 2.52. The van der Waals surface area contributed by atoms with Crippen LogP contribution in [0, 0.1) is 0 Å². The molecule has 1 aromatic carbocycles. The summed E-state index contributed by atoms with van der Waals surface area (Å²) in [5.41, 5.74) is 0. The van der Waals surface area contributed by atoms with Gasteiger partial charge in [0.15, 0.2) is 0 Å². The first kappa shape index (κ1) is 16.0. The molecule has 1 rings (SSSR count). The molecule has 110 valence electrons. The van der Waals surface area contributed by atoms with Gasteiger partial charge in [-0.3, -0.25) is 9.59 Å². The molecule has 20 heavy (non-hydrogen) atoms. The summed E-state index contributed by atoms with van der Waals surface area (Å²) in [6.45, 7) is 1.04. The third-order valence-electron chi connectivity index (χ3n) is 2.70. The summed E-state index contributed by atoms with van der Waals surface area (Å²) in [4.78, 5) is 21.8. The Morgan fingerprint density at radius 2 is 1.80 bits per heavy atom. The molecule has 5 heteroatoms. The number of ether oxygens (including phenoxy) is 1. The predicted molar refractivity (Wildman–Crippen MR) is 75.7 cm³/mol. The van der Waals surface area contributed by atoms with Gasteiger partial charge >= 0.3 is 5.97 Å². The van der Waals surface area contributed by atoms with E-state index < -0.39 is 5.97 Å². The van der Waals surface area contributed by atoms with Crippen LogP contribution in [0.2, 0.25) is 0 Å². The Balaban J connectivity index is 1.96. The molecule has 0 fully saturated rings. The Kier molecular flexibility index (Phi) is 7.87. The van der Waals surface area contributed by atoms with Gasteiger partial charge < -0.3 is 15.2 Å². The van der Waals surface area contributed by atoms with Gasteiger partial charge in [-0.1, -0.05) is 18.2 Å². The van der Waals surface area contributed by atoms with Gasteiger partial charge in [-0.25, -0.2) is 0 Å². The Morgan fingerprint density at radius 3 is 2.50 bits per heavy atom. The summed E-state index contributed by atoms with van der Waals surface area (Å²) in [6, 6.07) is 9.48. The lowest BCUT2D eigenvalue weighted by atomic mass is 10.2. The van der Waals surface area contributed by atoms with E-state index in [1.54, 1.807) is 0 Å². The molecule has 0 atom stereocenters. The van der Waals surface area contributed by atoms with E-state index in [0.717, 1.165) is 5.75 Å². The lowest BCUT2D eigenvalue weighted by Crippen LogP contribution is -2.24. The third kappa shape index (κ3) is 8.13. The van der Waals surface area contributed by atoms with E-state index in [0.29, 0.717) is 38.8 Å². The molecule has 5 nitrogen and oxygen atoms in total. The van der Waals surface area contributed by atoms with E-state index in [9.17, 15) is 9.59 Å². The van der Waals surface area contributed by atoms with Crippen LogP contribution in [0.4, 0.5) is 0 Å². The highest BCUT2D eigenvalue weighted by molar-refractivity contribution is 5.75. The molecule has 0 aliphatic heterocycles. The molecule has 0 aliphatic carbocycles. The maximum absolute atomic E-state index is 11.5. The highest BCUT2D eigenvalue weighted by Gasteiger charge is 2.02. The Morgan fingerprint density at radius 1 is 1.05 bits per heavy atom. The van der Waals surface area contributed by atoms with E-state index in [-0.39, 0.29) is 12.3 Å². The molecule has 0 aliphatic rings. The number of unbranched alkanes of at least 4 members (excludes halogenated alkanes) is 1. The van der Waals surface area contributed by atoms with Crippen molar-refractivity contribution in [1.82, 2.24) is 5.32 Å². The number of aliphatic carboxylic acids is 1. The zero-order chi connectivity index (χ0) is 14.6. The minimum atomic E-state index is -0.797. The summed E-state index contributed by atoms with van der Waals surface area (Å²) >= 11 is 0. The van der Waals surface area contributed by atoms with Gasteiger partial charge in [-0.2, -0.15) is 0 Å². The molecule has 0 unspecified atom stereocenters. The van der Waals surface area contributed by atoms with Crippen LogP contribution in [-0.4, -0.2) is 30.1 Å². The van der Waals surface area contributed by atoms with Crippen molar-refractivity contribution < 1.29 is 19.4 Å². The molecule has 1 amide bonds. The quantitative estimate of drug-likeness (QED) is 0.644. The van der Waals surface area contributed by atoms with Gasteiger partial charge in [0.2, 0.25) is 5.91 Å². The monoisotopic (exact) mass is 279 g/mol. The van der Waals surface area contributed by atoms with Gasteiger partial charge in [0, 0.05) is 19.4 Å². The van der Waals surface area contributed by atoms with Gasteiger partial charge in [-0.05, 0) is 31.4 Å². The Bertz CT molecular complexity index is 406. The second-order valence-corrected chi connectivity index (χ2v) is 4.47. The number of hydrogen-bond acceptors (Lipinski definition) is 3. The van der Waals surface area contributed by atoms with Gasteiger partial charge in [0.25, 0.3) is 0 Å². The van der Waals surface area contributed by atoms with Gasteiger partial charge in [0.05, 0.1) is 6.61 Å². The fourth-order valence-corrected chi connectivity index (χ4v) is 1.66. The average Bonchev–Trinajstić information content (AvgIpc) is 2.44. The van der Waals surface area contributed by atoms with E-state index >= 15 is 0 Å². The minimum Gasteiger partial charge on any atom is -0.494 e. The van der Waals surface area contributed by atoms with Crippen molar-refractivity contribution in [2.24, 2.45) is 0 Å². The van der Waals surface area contributed by atoms with E-state index in [4.69, 9.17) is 9.84 Å². The summed E-state index contributed by atoms with van der Waals surface area (Å²) in [7, 11) is 0. The van der Waals surface area contributed by atoms with Crippen LogP contribution in [-0.2, 0) is 9.59 Å². The minimum absolute atomic E-state index is 0.0167. The molecule has 0 heterocycles. The average molecular weight is 279 g/mol. The number of carboxylic acid groups (broad SMARTS) is 1. The lowest BCUT2D eigenvalue weighted by molar-refractivity contribution is -0.137. The number of carbonyl (C=O) groups is 2. The maximum atomic E-state index is 11.5. The van der Waals surface area contributed by atoms with E-state index in [1.807, 2.05) is 30.3 Å². The number of carbonyl (C=O) groups excluding carboxylic acids is 1. The molecule has 0 saturated heterocycles. The summed E-state index contributed by atoms with van der Waals surface area (Å²) in [5, 5.41) is 11.2. The van der Waals surface area contributed by atoms with Crippen LogP contribution in [0.3, 0.4) is 0 Å². The SMILES string of the molecule is O=C(O)CCCCNC(=O)CCCOc1ccccc1. The van der Waals surface area contributed by atoms with Crippen LogP contribution >= 0.6 is 0 Å². The van der Waals surface area contributed by atoms with Crippen molar-refractivity contribution >= 4 is 11.9 Å². The molecule has 2 N–H and O–H groups in total. The number of para-hydroxylation sites is 1. The number of benzene rings is 1. The maximum Gasteiger partial charge on any atom is 0.303 e. The van der Waals surface area contributed by atoms with Crippen molar-refractivity contribution in [2.75, 3.05) is 13.2 Å². The third-order valence-corrected chi connectivity index (χ3v) is 2.70. The topological polar surface area (TPSA) is 75.6 Å².